The summed E-state index contributed by atoms with van der Waals surface area (Å²) in [6, 6.07) is 6.55. The number of aromatic nitrogens is 4. The first-order chi connectivity index (χ1) is 16.0. The van der Waals surface area contributed by atoms with Crippen LogP contribution in [0, 0.1) is 10.1 Å². The van der Waals surface area contributed by atoms with E-state index in [0.29, 0.717) is 12.9 Å². The van der Waals surface area contributed by atoms with Gasteiger partial charge in [0.2, 0.25) is 0 Å². The summed E-state index contributed by atoms with van der Waals surface area (Å²) in [6.45, 7) is 15.5. The van der Waals surface area contributed by atoms with Crippen molar-refractivity contribution in [2.45, 2.75) is 45.0 Å². The summed E-state index contributed by atoms with van der Waals surface area (Å²) in [4.78, 5) is 23.4. The van der Waals surface area contributed by atoms with E-state index in [2.05, 4.69) is 41.1 Å². The molecule has 3 aromatic rings. The van der Waals surface area contributed by atoms with Crippen LogP contribution in [0.5, 0.6) is 0 Å². The number of non-ortho nitro benzene ring substituents is 1. The van der Waals surface area contributed by atoms with Gasteiger partial charge in [-0.25, -0.2) is 15.0 Å². The molecule has 178 valence electrons. The van der Waals surface area contributed by atoms with E-state index in [4.69, 9.17) is 0 Å². The van der Waals surface area contributed by atoms with Gasteiger partial charge in [-0.2, -0.15) is 0 Å². The van der Waals surface area contributed by atoms with Crippen molar-refractivity contribution in [2.75, 3.05) is 7.18 Å². The van der Waals surface area contributed by atoms with Crippen LogP contribution in [0.1, 0.15) is 33.3 Å². The van der Waals surface area contributed by atoms with Crippen LogP contribution in [0.15, 0.2) is 78.9 Å². The van der Waals surface area contributed by atoms with Crippen LogP contribution in [0.4, 0.5) is 10.1 Å². The Morgan fingerprint density at radius 3 is 2.27 bits per heavy atom. The number of fused-ring (bicyclic) bond motifs is 1. The number of hydrogen-bond donors (Lipinski definition) is 0. The number of nitro benzene ring substituents is 1. The molecule has 0 radical (unpaired) electrons. The number of nitro groups is 1. The lowest BCUT2D eigenvalue weighted by molar-refractivity contribution is -0.384. The molecule has 33 heavy (non-hydrogen) atoms. The highest BCUT2D eigenvalue weighted by Gasteiger charge is 2.11. The smallest absolute Gasteiger partial charge is 0.269 e. The van der Waals surface area contributed by atoms with Gasteiger partial charge in [0, 0.05) is 24.4 Å². The van der Waals surface area contributed by atoms with E-state index in [1.165, 1.54) is 17.7 Å². The van der Waals surface area contributed by atoms with Gasteiger partial charge in [-0.1, -0.05) is 74.7 Å². The van der Waals surface area contributed by atoms with Crippen molar-refractivity contribution >= 4 is 28.6 Å². The van der Waals surface area contributed by atoms with Gasteiger partial charge in [-0.3, -0.25) is 14.5 Å². The number of imidazole rings is 1. The summed E-state index contributed by atoms with van der Waals surface area (Å²) in [5.41, 5.74) is 3.90. The maximum atomic E-state index is 10.7. The monoisotopic (exact) mass is 473 g/mol. The molecule has 2 aromatic heterocycles. The predicted octanol–water partition coefficient (Wildman–Crippen LogP) is 6.96. The fourth-order valence-electron chi connectivity index (χ4n) is 2.31. The molecule has 0 N–H and O–H groups in total. The number of nitrogens with zero attached hydrogens (tertiary/aromatic N) is 5. The van der Waals surface area contributed by atoms with Gasteiger partial charge in [0.1, 0.15) is 16.9 Å². The quantitative estimate of drug-likeness (QED) is 0.0920. The molecule has 7 nitrogen and oxygen atoms in total. The molecule has 1 aromatic carbocycles. The average Bonchev–Trinajstić information content (AvgIpc) is 3.28. The third-order valence-electron chi connectivity index (χ3n) is 3.97. The molecule has 0 aliphatic carbocycles. The Morgan fingerprint density at radius 1 is 1.15 bits per heavy atom. The zero-order chi connectivity index (χ0) is 25.2. The average molecular weight is 474 g/mol. The highest BCUT2D eigenvalue weighted by atomic mass is 32.2. The number of alkyl halides is 1. The Bertz CT molecular complexity index is 1030. The van der Waals surface area contributed by atoms with Crippen molar-refractivity contribution in [1.29, 1.82) is 0 Å². The summed E-state index contributed by atoms with van der Waals surface area (Å²) in [6.07, 6.45) is 8.67. The molecule has 9 heteroatoms. The zero-order valence-corrected chi connectivity index (χ0v) is 20.7. The van der Waals surface area contributed by atoms with Crippen molar-refractivity contribution in [1.82, 2.24) is 19.5 Å². The SMILES string of the molecule is C/C=C(\C)Cn1cnc2c(SCc3ccc([N+](=O)[O-])cc3)ncnc21.C=CC=C.CC.CF. The molecule has 0 unspecified atom stereocenters. The standard InChI is InChI=1S/C17H17N5O2S.C4H6.C2H6.CH3F/c1-3-12(2)8-21-11-20-15-16(21)18-10-19-17(15)25-9-13-4-6-14(7-5-13)22(23)24;1-3-4-2;2*1-2/h3-7,10-11H,8-9H2,1-2H3;3-4H,1-2H2;1-2H3;1H3/b12-3+;;;. The first-order valence-electron chi connectivity index (χ1n) is 10.2. The molecule has 0 saturated heterocycles. The second-order valence-corrected chi connectivity index (χ2v) is 7.01. The third kappa shape index (κ3) is 9.78. The summed E-state index contributed by atoms with van der Waals surface area (Å²) in [5.74, 6) is 0.658. The molecule has 0 fully saturated rings. The van der Waals surface area contributed by atoms with E-state index in [0.717, 1.165) is 28.3 Å². The summed E-state index contributed by atoms with van der Waals surface area (Å²) >= 11 is 1.54. The van der Waals surface area contributed by atoms with Gasteiger partial charge >= 0.3 is 0 Å². The second-order valence-electron chi connectivity index (χ2n) is 6.04. The van der Waals surface area contributed by atoms with Crippen LogP contribution < -0.4 is 0 Å². The van der Waals surface area contributed by atoms with E-state index in [-0.39, 0.29) is 5.69 Å². The molecular weight excluding hydrogens is 441 g/mol. The number of thioether (sulfide) groups is 1. The maximum absolute atomic E-state index is 10.7. The minimum Gasteiger partial charge on any atom is -0.311 e. The minimum atomic E-state index is -0.399. The number of hydrogen-bond acceptors (Lipinski definition) is 6. The number of rotatable bonds is 7. The molecule has 0 bridgehead atoms. The summed E-state index contributed by atoms with van der Waals surface area (Å²) in [5, 5.41) is 11.5. The van der Waals surface area contributed by atoms with Gasteiger partial charge in [-0.05, 0) is 19.4 Å². The predicted molar refractivity (Wildman–Crippen MR) is 136 cm³/mol. The maximum Gasteiger partial charge on any atom is 0.269 e. The Labute approximate surface area is 199 Å². The first kappa shape index (κ1) is 29.7. The molecule has 2 heterocycles. The topological polar surface area (TPSA) is 86.7 Å². The van der Waals surface area contributed by atoms with Gasteiger partial charge in [-0.15, -0.1) is 0 Å². The normalized spacial score (nSPS) is 9.94. The molecule has 0 aliphatic heterocycles. The zero-order valence-electron chi connectivity index (χ0n) is 19.9. The van der Waals surface area contributed by atoms with Gasteiger partial charge in [0.15, 0.2) is 5.65 Å². The van der Waals surface area contributed by atoms with Crippen molar-refractivity contribution in [3.05, 3.63) is 89.6 Å². The Balaban J connectivity index is 0.00000113. The third-order valence-corrected chi connectivity index (χ3v) is 5.02. The Kier molecular flexibility index (Phi) is 15.5. The summed E-state index contributed by atoms with van der Waals surface area (Å²) in [7, 11) is 0.500. The molecule has 0 spiro atoms. The van der Waals surface area contributed by atoms with Crippen molar-refractivity contribution in [2.24, 2.45) is 0 Å². The highest BCUT2D eigenvalue weighted by molar-refractivity contribution is 7.98. The van der Waals surface area contributed by atoms with Crippen LogP contribution >= 0.6 is 11.8 Å². The Morgan fingerprint density at radius 2 is 1.76 bits per heavy atom. The second kappa shape index (κ2) is 17.3. The van der Waals surface area contributed by atoms with Crippen molar-refractivity contribution in [3.8, 4) is 0 Å². The van der Waals surface area contributed by atoms with Crippen molar-refractivity contribution in [3.63, 3.8) is 0 Å². The van der Waals surface area contributed by atoms with Gasteiger partial charge in [0.05, 0.1) is 18.4 Å². The molecule has 0 aliphatic rings. The van der Waals surface area contributed by atoms with Crippen LogP contribution in [-0.2, 0) is 12.3 Å². The van der Waals surface area contributed by atoms with Crippen LogP contribution in [0.3, 0.4) is 0 Å². The lowest BCUT2D eigenvalue weighted by Crippen LogP contribution is -1.99. The largest absolute Gasteiger partial charge is 0.311 e. The van der Waals surface area contributed by atoms with Crippen LogP contribution in [0.2, 0.25) is 0 Å². The molecular formula is C24H32FN5O2S. The fraction of sp³-hybridized carbons (Fsp3) is 0.292. The molecule has 0 atom stereocenters. The van der Waals surface area contributed by atoms with Crippen LogP contribution in [0.25, 0.3) is 11.2 Å². The van der Waals surface area contributed by atoms with Gasteiger partial charge < -0.3 is 4.57 Å². The van der Waals surface area contributed by atoms with E-state index >= 15 is 0 Å². The number of allylic oxidation sites excluding steroid dienone is 4. The first-order valence-corrected chi connectivity index (χ1v) is 11.2. The van der Waals surface area contributed by atoms with Gasteiger partial charge in [0.25, 0.3) is 5.69 Å². The lowest BCUT2D eigenvalue weighted by atomic mass is 10.2. The Hall–Kier alpha value is -3.33. The minimum absolute atomic E-state index is 0.0938. The van der Waals surface area contributed by atoms with E-state index in [1.807, 2.05) is 25.3 Å². The molecule has 3 rings (SSSR count). The molecule has 0 saturated carbocycles. The van der Waals surface area contributed by atoms with Crippen molar-refractivity contribution < 1.29 is 9.31 Å². The number of benzene rings is 1. The molecule has 0 amide bonds. The van der Waals surface area contributed by atoms with E-state index in [1.54, 1.807) is 48.7 Å². The lowest BCUT2D eigenvalue weighted by Gasteiger charge is -2.05. The van der Waals surface area contributed by atoms with E-state index < -0.39 is 4.92 Å². The van der Waals surface area contributed by atoms with Crippen LogP contribution in [-0.4, -0.2) is 31.6 Å². The van der Waals surface area contributed by atoms with E-state index in [9.17, 15) is 14.5 Å². The number of halogens is 1. The summed E-state index contributed by atoms with van der Waals surface area (Å²) < 4.78 is 11.5. The fourth-order valence-corrected chi connectivity index (χ4v) is 3.20. The highest BCUT2D eigenvalue weighted by Crippen LogP contribution is 2.27.